The van der Waals surface area contributed by atoms with Gasteiger partial charge in [-0.1, -0.05) is 388 Å². The van der Waals surface area contributed by atoms with E-state index in [4.69, 9.17) is 58.1 Å². The summed E-state index contributed by atoms with van der Waals surface area (Å²) in [7, 11) is 0. The fourth-order valence-electron chi connectivity index (χ4n) is 21.6. The molecule has 0 bridgehead atoms. The third-order valence-electron chi connectivity index (χ3n) is 28.4. The van der Waals surface area contributed by atoms with Crippen molar-refractivity contribution >= 4 is 131 Å². The van der Waals surface area contributed by atoms with Crippen molar-refractivity contribution in [3.63, 3.8) is 0 Å². The van der Waals surface area contributed by atoms with Crippen LogP contribution in [0.4, 0.5) is 0 Å². The summed E-state index contributed by atoms with van der Waals surface area (Å²) in [4.78, 5) is 45.1. The van der Waals surface area contributed by atoms with E-state index in [0.29, 0.717) is 52.4 Å². The van der Waals surface area contributed by atoms with Gasteiger partial charge in [0.05, 0.1) is 33.1 Å². The zero-order valence-corrected chi connectivity index (χ0v) is 80.6. The molecule has 0 aliphatic heterocycles. The van der Waals surface area contributed by atoms with Gasteiger partial charge in [0.15, 0.2) is 52.4 Å². The first-order valence-electron chi connectivity index (χ1n) is 50.1. The first-order chi connectivity index (χ1) is 74.4. The van der Waals surface area contributed by atoms with Crippen LogP contribution in [-0.2, 0) is 0 Å². The Morgan fingerprint density at radius 1 is 0.133 bits per heavy atom. The summed E-state index contributed by atoms with van der Waals surface area (Å²) in [6, 6.07) is 176. The zero-order valence-electron chi connectivity index (χ0n) is 80.6. The number of aromatic nitrogens is 12. The van der Waals surface area contributed by atoms with Crippen molar-refractivity contribution < 1.29 is 13.3 Å². The monoisotopic (exact) mass is 1920 g/mol. The minimum absolute atomic E-state index is 0.600. The highest BCUT2D eigenvalue weighted by Gasteiger charge is 2.27. The Balaban J connectivity index is 0.000000108. The Hall–Kier alpha value is -20.6. The second-order valence-electron chi connectivity index (χ2n) is 37.3. The number of hydrogen-bond acceptors (Lipinski definition) is 12. The van der Waals surface area contributed by atoms with Crippen molar-refractivity contribution in [2.24, 2.45) is 0 Å². The lowest BCUT2D eigenvalue weighted by atomic mass is 9.97. The number of furan rings is 3. The lowest BCUT2D eigenvalue weighted by molar-refractivity contribution is 0.668. The van der Waals surface area contributed by atoms with E-state index in [1.165, 1.54) is 71.0 Å². The van der Waals surface area contributed by atoms with Crippen molar-refractivity contribution in [3.8, 4) is 153 Å². The molecule has 0 amide bonds. The highest BCUT2D eigenvalue weighted by molar-refractivity contribution is 6.21. The van der Waals surface area contributed by atoms with Gasteiger partial charge < -0.3 is 27.0 Å². The van der Waals surface area contributed by atoms with Crippen LogP contribution in [0.5, 0.6) is 0 Å². The third kappa shape index (κ3) is 15.5. The van der Waals surface area contributed by atoms with Gasteiger partial charge in [0.2, 0.25) is 0 Å². The van der Waals surface area contributed by atoms with E-state index in [1.807, 2.05) is 218 Å². The van der Waals surface area contributed by atoms with E-state index in [9.17, 15) is 0 Å². The number of fused-ring (bicyclic) bond motifs is 18. The van der Waals surface area contributed by atoms with Crippen LogP contribution < -0.4 is 0 Å². The molecule has 15 nitrogen and oxygen atoms in total. The summed E-state index contributed by atoms with van der Waals surface area (Å²) in [6.45, 7) is 0. The van der Waals surface area contributed by atoms with Gasteiger partial charge in [0.25, 0.3) is 0 Å². The molecule has 150 heavy (non-hydrogen) atoms. The molecule has 21 aromatic carbocycles. The number of nitrogens with zero attached hydrogens (tertiary/aromatic N) is 12. The second kappa shape index (κ2) is 37.0. The molecule has 0 radical (unpaired) electrons. The molecule has 15 heteroatoms. The Morgan fingerprint density at radius 2 is 0.393 bits per heavy atom. The average molecular weight is 1920 g/mol. The van der Waals surface area contributed by atoms with Crippen LogP contribution in [0.25, 0.3) is 284 Å². The zero-order chi connectivity index (χ0) is 99.1. The van der Waals surface area contributed by atoms with Crippen LogP contribution in [0.15, 0.2) is 523 Å². The quantitative estimate of drug-likeness (QED) is 0.0953. The maximum absolute atomic E-state index is 6.49. The van der Waals surface area contributed by atoms with E-state index in [-0.39, 0.29) is 0 Å². The second-order valence-corrected chi connectivity index (χ2v) is 37.3. The molecule has 0 fully saturated rings. The maximum atomic E-state index is 6.49. The molecule has 0 saturated carbocycles. The van der Waals surface area contributed by atoms with Gasteiger partial charge in [-0.2, -0.15) is 0 Å². The van der Waals surface area contributed by atoms with Gasteiger partial charge in [-0.3, -0.25) is 0 Å². The van der Waals surface area contributed by atoms with Crippen LogP contribution >= 0.6 is 0 Å². The summed E-state index contributed by atoms with van der Waals surface area (Å²) in [5, 5.41) is 13.3. The molecule has 9 aromatic heterocycles. The van der Waals surface area contributed by atoms with Gasteiger partial charge in [0.1, 0.15) is 33.5 Å². The third-order valence-corrected chi connectivity index (χ3v) is 28.4. The smallest absolute Gasteiger partial charge is 0.164 e. The van der Waals surface area contributed by atoms with E-state index in [0.717, 1.165) is 161 Å². The highest BCUT2D eigenvalue weighted by atomic mass is 16.3. The van der Waals surface area contributed by atoms with E-state index >= 15 is 0 Å². The number of rotatable bonds is 15. The molecule has 0 saturated heterocycles. The first-order valence-corrected chi connectivity index (χ1v) is 50.1. The van der Waals surface area contributed by atoms with E-state index in [2.05, 4.69) is 305 Å². The summed E-state index contributed by atoms with van der Waals surface area (Å²) < 4.78 is 26.5. The molecule has 0 spiro atoms. The summed E-state index contributed by atoms with van der Waals surface area (Å²) >= 11 is 0. The molecular formula is C135H84N12O3. The minimum Gasteiger partial charge on any atom is -0.456 e. The molecule has 0 unspecified atom stereocenters. The molecule has 9 heterocycles. The number of para-hydroxylation sites is 7. The largest absolute Gasteiger partial charge is 0.456 e. The standard InChI is InChI=1S/3C45H28N4O/c1-4-14-29(15-5-1)43-46-44(30-16-6-2-7-17-30)48-45(47-43)35-22-13-25-40-42(35)36-28-31(26-27-39(36)50-40)33-21-12-24-38-41(33)34-20-10-11-23-37(34)49(38)32-18-8-3-9-19-32;1-4-14-29(15-5-1)43-46-44(30-16-6-2-7-17-30)48-45(47-43)36-23-13-25-40-41(36)37-28-31(26-27-39(37)50-40)33-21-12-22-35-34-20-10-11-24-38(34)49(42(33)35)32-18-8-3-9-19-32;1-4-13-29(14-5-1)43-46-44(30-15-6-2-7-16-30)48-45(47-43)36-20-12-22-41-42(36)37-27-31(24-26-40(37)50-41)32-23-25-35-34-19-10-11-21-38(34)49(39(35)28-32)33-17-8-3-9-18-33/h3*1-28H. The van der Waals surface area contributed by atoms with Gasteiger partial charge in [-0.25, -0.2) is 44.9 Å². The van der Waals surface area contributed by atoms with E-state index in [1.54, 1.807) is 0 Å². The van der Waals surface area contributed by atoms with Gasteiger partial charge in [0, 0.05) is 137 Å². The molecule has 30 aromatic rings. The van der Waals surface area contributed by atoms with Crippen LogP contribution in [0.3, 0.4) is 0 Å². The first kappa shape index (κ1) is 87.3. The average Bonchev–Trinajstić information content (AvgIpc) is 1.52. The van der Waals surface area contributed by atoms with Crippen LogP contribution in [0, 0.1) is 0 Å². The number of hydrogen-bond donors (Lipinski definition) is 0. The Morgan fingerprint density at radius 3 is 0.800 bits per heavy atom. The van der Waals surface area contributed by atoms with Crippen molar-refractivity contribution in [1.29, 1.82) is 0 Å². The van der Waals surface area contributed by atoms with E-state index < -0.39 is 0 Å². The number of benzene rings is 21. The Labute approximate surface area is 859 Å². The summed E-state index contributed by atoms with van der Waals surface area (Å²) in [5.74, 6) is 5.56. The minimum atomic E-state index is 0.600. The van der Waals surface area contributed by atoms with Crippen LogP contribution in [-0.4, -0.2) is 58.6 Å². The molecule has 0 aliphatic carbocycles. The summed E-state index contributed by atoms with van der Waals surface area (Å²) in [5.41, 5.74) is 30.3. The van der Waals surface area contributed by atoms with Crippen molar-refractivity contribution in [3.05, 3.63) is 510 Å². The lowest BCUT2D eigenvalue weighted by Gasteiger charge is -2.12. The highest BCUT2D eigenvalue weighted by Crippen LogP contribution is 2.48. The SMILES string of the molecule is c1ccc(-c2nc(-c3ccccc3)nc(-c3cccc4oc5ccc(-c6ccc7c8ccccc8n(-c8ccccc8)c7c6)cc5c34)n2)cc1.c1ccc(-c2nc(-c3ccccc3)nc(-c3cccc4oc5ccc(-c6cccc7c6c6ccccc6n7-c6ccccc6)cc5c34)n2)cc1.c1ccc(-c2nc(-c3ccccc3)nc(-c3cccc4oc5ccc(-c6cccc7c8ccccc8n(-c8ccccc8)c67)cc5c34)n2)cc1. The molecular weight excluding hydrogens is 1840 g/mol. The van der Waals surface area contributed by atoms with Crippen molar-refractivity contribution in [1.82, 2.24) is 58.6 Å². The Bertz CT molecular complexity index is 10200. The molecule has 30 rings (SSSR count). The van der Waals surface area contributed by atoms with Crippen molar-refractivity contribution in [2.45, 2.75) is 0 Å². The predicted octanol–water partition coefficient (Wildman–Crippen LogP) is 34.6. The van der Waals surface area contributed by atoms with Gasteiger partial charge in [-0.15, -0.1) is 0 Å². The summed E-state index contributed by atoms with van der Waals surface area (Å²) in [6.07, 6.45) is 0. The lowest BCUT2D eigenvalue weighted by Crippen LogP contribution is -2.00. The van der Waals surface area contributed by atoms with Crippen LogP contribution in [0.2, 0.25) is 0 Å². The Kier molecular flexibility index (Phi) is 21.5. The van der Waals surface area contributed by atoms with Crippen LogP contribution in [0.1, 0.15) is 0 Å². The molecule has 0 atom stereocenters. The molecule has 0 aliphatic rings. The fourth-order valence-corrected chi connectivity index (χ4v) is 21.6. The fraction of sp³-hybridized carbons (Fsp3) is 0. The topological polar surface area (TPSA) is 170 Å². The molecule has 702 valence electrons. The predicted molar refractivity (Wildman–Crippen MR) is 610 cm³/mol. The van der Waals surface area contributed by atoms with Gasteiger partial charge >= 0.3 is 0 Å². The maximum Gasteiger partial charge on any atom is 0.164 e. The van der Waals surface area contributed by atoms with Gasteiger partial charge in [-0.05, 0) is 149 Å². The van der Waals surface area contributed by atoms with Crippen molar-refractivity contribution in [2.75, 3.05) is 0 Å². The normalized spacial score (nSPS) is 11.6. The molecule has 0 N–H and O–H groups in total.